The maximum Gasteiger partial charge on any atom is 0.306 e. The molecule has 2 N–H and O–H groups in total. The fourth-order valence-corrected chi connectivity index (χ4v) is 3.64. The van der Waals surface area contributed by atoms with Gasteiger partial charge in [0, 0.05) is 18.5 Å². The van der Waals surface area contributed by atoms with E-state index < -0.39 is 21.5 Å². The summed E-state index contributed by atoms with van der Waals surface area (Å²) in [6.07, 6.45) is 0.287. The lowest BCUT2D eigenvalue weighted by molar-refractivity contribution is -0.149. The molecule has 0 radical (unpaired) electrons. The van der Waals surface area contributed by atoms with Gasteiger partial charge in [-0.05, 0) is 50.1 Å². The fraction of sp³-hybridized carbons (Fsp3) is 0.400. The topological polar surface area (TPSA) is 102 Å². The molecule has 0 bridgehead atoms. The van der Waals surface area contributed by atoms with E-state index in [-0.39, 0.29) is 36.8 Å². The Kier molecular flexibility index (Phi) is 7.15. The summed E-state index contributed by atoms with van der Waals surface area (Å²) in [5.41, 5.74) is -0.398. The highest BCUT2D eigenvalue weighted by Gasteiger charge is 2.16. The van der Waals surface area contributed by atoms with Crippen LogP contribution in [0.1, 0.15) is 33.6 Å². The number of amides is 1. The summed E-state index contributed by atoms with van der Waals surface area (Å²) in [6.45, 7) is 5.23. The maximum atomic E-state index is 12.4. The van der Waals surface area contributed by atoms with Gasteiger partial charge in [0.2, 0.25) is 10.0 Å². The molecule has 1 amide bonds. The minimum Gasteiger partial charge on any atom is -0.456 e. The molecule has 0 saturated heterocycles. The van der Waals surface area contributed by atoms with Crippen LogP contribution in [-0.2, 0) is 24.3 Å². The summed E-state index contributed by atoms with van der Waals surface area (Å²) in [5, 5.41) is 4.48. The smallest absolute Gasteiger partial charge is 0.306 e. The van der Waals surface area contributed by atoms with Crippen LogP contribution >= 0.6 is 0 Å². The van der Waals surface area contributed by atoms with E-state index in [0.717, 1.165) is 10.8 Å². The molecular weight excluding hydrogens is 380 g/mol. The van der Waals surface area contributed by atoms with Crippen LogP contribution in [0.3, 0.4) is 0 Å². The highest BCUT2D eigenvalue weighted by molar-refractivity contribution is 7.89. The molecule has 2 aromatic carbocycles. The first kappa shape index (κ1) is 21.8. The third kappa shape index (κ3) is 6.94. The monoisotopic (exact) mass is 406 g/mol. The van der Waals surface area contributed by atoms with Gasteiger partial charge in [-0.3, -0.25) is 9.59 Å². The molecule has 0 saturated carbocycles. The van der Waals surface area contributed by atoms with Crippen molar-refractivity contribution in [3.05, 3.63) is 42.5 Å². The summed E-state index contributed by atoms with van der Waals surface area (Å²) in [6, 6.07) is 12.4. The molecule has 0 aliphatic heterocycles. The van der Waals surface area contributed by atoms with E-state index in [1.165, 1.54) is 0 Å². The van der Waals surface area contributed by atoms with Gasteiger partial charge < -0.3 is 10.1 Å². The van der Waals surface area contributed by atoms with Crippen LogP contribution in [-0.4, -0.2) is 39.0 Å². The number of esters is 1. The van der Waals surface area contributed by atoms with E-state index in [1.807, 2.05) is 45.0 Å². The quantitative estimate of drug-likeness (QED) is 0.518. The molecule has 0 unspecified atom stereocenters. The van der Waals surface area contributed by atoms with E-state index in [1.54, 1.807) is 18.2 Å². The zero-order valence-electron chi connectivity index (χ0n) is 16.3. The molecule has 7 nitrogen and oxygen atoms in total. The Bertz CT molecular complexity index is 948. The molecule has 0 aromatic heterocycles. The standard InChI is InChI=1S/C20H26N2O5S/c1-20(2,3)22-18(23)14-27-19(24)9-6-12-21-28(25,26)17-11-10-15-7-4-5-8-16(15)13-17/h4-5,7-8,10-11,13,21H,6,9,12,14H2,1-3H3,(H,22,23). The Morgan fingerprint density at radius 2 is 1.71 bits per heavy atom. The number of nitrogens with one attached hydrogen (secondary N) is 2. The van der Waals surface area contributed by atoms with Crippen molar-refractivity contribution in [3.8, 4) is 0 Å². The van der Waals surface area contributed by atoms with Crippen LogP contribution in [0, 0.1) is 0 Å². The van der Waals surface area contributed by atoms with Gasteiger partial charge in [0.05, 0.1) is 4.90 Å². The van der Waals surface area contributed by atoms with Crippen molar-refractivity contribution in [2.45, 2.75) is 44.0 Å². The number of hydrogen-bond donors (Lipinski definition) is 2. The van der Waals surface area contributed by atoms with Crippen molar-refractivity contribution >= 4 is 32.7 Å². The summed E-state index contributed by atoms with van der Waals surface area (Å²) in [7, 11) is -3.66. The summed E-state index contributed by atoms with van der Waals surface area (Å²) >= 11 is 0. The molecule has 0 atom stereocenters. The van der Waals surface area contributed by atoms with Gasteiger partial charge in [-0.15, -0.1) is 0 Å². The summed E-state index contributed by atoms with van der Waals surface area (Å²) in [5.74, 6) is -0.924. The van der Waals surface area contributed by atoms with Crippen LogP contribution in [0.15, 0.2) is 47.4 Å². The second-order valence-corrected chi connectivity index (χ2v) is 9.24. The Balaban J connectivity index is 1.77. The Hall–Kier alpha value is -2.45. The SMILES string of the molecule is CC(C)(C)NC(=O)COC(=O)CCCNS(=O)(=O)c1ccc2ccccc2c1. The molecule has 2 rings (SSSR count). The minimum absolute atomic E-state index is 0.0169. The second kappa shape index (κ2) is 9.16. The van der Waals surface area contributed by atoms with Gasteiger partial charge in [0.1, 0.15) is 0 Å². The van der Waals surface area contributed by atoms with Crippen molar-refractivity contribution in [3.63, 3.8) is 0 Å². The molecule has 8 heteroatoms. The first-order valence-electron chi connectivity index (χ1n) is 9.02. The maximum absolute atomic E-state index is 12.4. The Morgan fingerprint density at radius 1 is 1.04 bits per heavy atom. The molecule has 0 heterocycles. The second-order valence-electron chi connectivity index (χ2n) is 7.47. The van der Waals surface area contributed by atoms with E-state index >= 15 is 0 Å². The van der Waals surface area contributed by atoms with Gasteiger partial charge in [-0.25, -0.2) is 13.1 Å². The number of hydrogen-bond acceptors (Lipinski definition) is 5. The lowest BCUT2D eigenvalue weighted by Gasteiger charge is -2.20. The van der Waals surface area contributed by atoms with Gasteiger partial charge in [-0.2, -0.15) is 0 Å². The highest BCUT2D eigenvalue weighted by Crippen LogP contribution is 2.18. The van der Waals surface area contributed by atoms with Gasteiger partial charge in [-0.1, -0.05) is 30.3 Å². The lowest BCUT2D eigenvalue weighted by Crippen LogP contribution is -2.42. The van der Waals surface area contributed by atoms with Crippen LogP contribution in [0.2, 0.25) is 0 Å². The van der Waals surface area contributed by atoms with Crippen molar-refractivity contribution in [1.82, 2.24) is 10.0 Å². The average molecular weight is 407 g/mol. The van der Waals surface area contributed by atoms with E-state index in [2.05, 4.69) is 10.0 Å². The predicted molar refractivity (Wildman–Crippen MR) is 107 cm³/mol. The number of carbonyl (C=O) groups excluding carboxylic acids is 2. The zero-order chi connectivity index (χ0) is 20.8. The van der Waals surface area contributed by atoms with E-state index in [0.29, 0.717) is 0 Å². The lowest BCUT2D eigenvalue weighted by atomic mass is 10.1. The normalized spacial score (nSPS) is 12.0. The fourth-order valence-electron chi connectivity index (χ4n) is 2.53. The van der Waals surface area contributed by atoms with Crippen molar-refractivity contribution < 1.29 is 22.7 Å². The molecule has 152 valence electrons. The molecule has 0 fully saturated rings. The molecular formula is C20H26N2O5S. The molecule has 0 aliphatic rings. The van der Waals surface area contributed by atoms with Crippen LogP contribution in [0.5, 0.6) is 0 Å². The average Bonchev–Trinajstić information content (AvgIpc) is 2.62. The number of benzene rings is 2. The van der Waals surface area contributed by atoms with Gasteiger partial charge in [0.15, 0.2) is 6.61 Å². The highest BCUT2D eigenvalue weighted by atomic mass is 32.2. The van der Waals surface area contributed by atoms with Crippen LogP contribution in [0.25, 0.3) is 10.8 Å². The first-order valence-corrected chi connectivity index (χ1v) is 10.5. The molecule has 0 spiro atoms. The van der Waals surface area contributed by atoms with Gasteiger partial charge >= 0.3 is 5.97 Å². The first-order chi connectivity index (χ1) is 13.1. The Morgan fingerprint density at radius 3 is 2.39 bits per heavy atom. The number of sulfonamides is 1. The predicted octanol–water partition coefficient (Wildman–Crippen LogP) is 2.36. The molecule has 2 aromatic rings. The molecule has 0 aliphatic carbocycles. The van der Waals surface area contributed by atoms with Crippen molar-refractivity contribution in [2.24, 2.45) is 0 Å². The van der Waals surface area contributed by atoms with Crippen LogP contribution < -0.4 is 10.0 Å². The third-order valence-corrected chi connectivity index (χ3v) is 5.22. The molecule has 28 heavy (non-hydrogen) atoms. The summed E-state index contributed by atoms with van der Waals surface area (Å²) in [4.78, 5) is 23.4. The number of ether oxygens (including phenoxy) is 1. The van der Waals surface area contributed by atoms with E-state index in [9.17, 15) is 18.0 Å². The summed E-state index contributed by atoms with van der Waals surface area (Å²) < 4.78 is 32.1. The Labute approximate surface area is 165 Å². The number of fused-ring (bicyclic) bond motifs is 1. The number of rotatable bonds is 8. The van der Waals surface area contributed by atoms with Crippen molar-refractivity contribution in [2.75, 3.05) is 13.2 Å². The third-order valence-electron chi connectivity index (χ3n) is 3.76. The minimum atomic E-state index is -3.66. The van der Waals surface area contributed by atoms with Crippen molar-refractivity contribution in [1.29, 1.82) is 0 Å². The van der Waals surface area contributed by atoms with Crippen LogP contribution in [0.4, 0.5) is 0 Å². The zero-order valence-corrected chi connectivity index (χ0v) is 17.1. The number of carbonyl (C=O) groups is 2. The van der Waals surface area contributed by atoms with E-state index in [4.69, 9.17) is 4.74 Å². The largest absolute Gasteiger partial charge is 0.456 e. The van der Waals surface area contributed by atoms with Gasteiger partial charge in [0.25, 0.3) is 5.91 Å².